The first-order valence-electron chi connectivity index (χ1n) is 9.58. The Bertz CT molecular complexity index is 886. The third kappa shape index (κ3) is 5.48. The van der Waals surface area contributed by atoms with Crippen molar-refractivity contribution in [1.29, 1.82) is 0 Å². The maximum atomic E-state index is 5.52. The van der Waals surface area contributed by atoms with E-state index in [1.54, 1.807) is 21.3 Å². The lowest BCUT2D eigenvalue weighted by atomic mass is 10.1. The van der Waals surface area contributed by atoms with Crippen molar-refractivity contribution in [3.63, 3.8) is 0 Å². The molecule has 152 valence electrons. The molecule has 1 heterocycles. The first-order chi connectivity index (χ1) is 14.1. The van der Waals surface area contributed by atoms with Crippen LogP contribution in [0.15, 0.2) is 60.9 Å². The summed E-state index contributed by atoms with van der Waals surface area (Å²) in [5.41, 5.74) is 4.86. The topological polar surface area (TPSA) is 43.8 Å². The van der Waals surface area contributed by atoms with Crippen LogP contribution in [0.4, 0.5) is 0 Å². The third-order valence-corrected chi connectivity index (χ3v) is 4.81. The maximum Gasteiger partial charge on any atom is 0.203 e. The molecule has 0 saturated carbocycles. The second kappa shape index (κ2) is 9.94. The van der Waals surface area contributed by atoms with Gasteiger partial charge in [-0.3, -0.25) is 9.88 Å². The van der Waals surface area contributed by atoms with Crippen molar-refractivity contribution >= 4 is 0 Å². The zero-order chi connectivity index (χ0) is 20.6. The van der Waals surface area contributed by atoms with Gasteiger partial charge >= 0.3 is 0 Å². The van der Waals surface area contributed by atoms with E-state index in [-0.39, 0.29) is 0 Å². The lowest BCUT2D eigenvalue weighted by Gasteiger charge is -2.24. The summed E-state index contributed by atoms with van der Waals surface area (Å²) in [7, 11) is 4.90. The Hall–Kier alpha value is -3.05. The summed E-state index contributed by atoms with van der Waals surface area (Å²) in [6.45, 7) is 4.49. The van der Waals surface area contributed by atoms with Crippen molar-refractivity contribution in [2.24, 2.45) is 0 Å². The number of hydrogen-bond donors (Lipinski definition) is 0. The van der Waals surface area contributed by atoms with Crippen LogP contribution in [-0.2, 0) is 19.6 Å². The molecule has 0 unspecified atom stereocenters. The molecule has 0 aliphatic rings. The van der Waals surface area contributed by atoms with Gasteiger partial charge in [-0.05, 0) is 47.9 Å². The highest BCUT2D eigenvalue weighted by Crippen LogP contribution is 2.38. The van der Waals surface area contributed by atoms with Gasteiger partial charge in [0.2, 0.25) is 5.75 Å². The van der Waals surface area contributed by atoms with Crippen molar-refractivity contribution < 1.29 is 14.2 Å². The minimum atomic E-state index is 0.609. The number of benzene rings is 2. The minimum absolute atomic E-state index is 0.609. The second-order valence-corrected chi connectivity index (χ2v) is 7.02. The van der Waals surface area contributed by atoms with E-state index in [0.717, 1.165) is 25.2 Å². The van der Waals surface area contributed by atoms with Crippen LogP contribution < -0.4 is 14.2 Å². The smallest absolute Gasteiger partial charge is 0.203 e. The number of ether oxygens (including phenoxy) is 3. The van der Waals surface area contributed by atoms with E-state index < -0.39 is 0 Å². The lowest BCUT2D eigenvalue weighted by molar-refractivity contribution is 0.246. The van der Waals surface area contributed by atoms with Gasteiger partial charge in [0.05, 0.1) is 21.3 Å². The van der Waals surface area contributed by atoms with Gasteiger partial charge in [0.15, 0.2) is 11.5 Å². The van der Waals surface area contributed by atoms with Crippen LogP contribution in [0.2, 0.25) is 0 Å². The van der Waals surface area contributed by atoms with Crippen LogP contribution in [0.3, 0.4) is 0 Å². The Morgan fingerprint density at radius 1 is 0.690 bits per heavy atom. The van der Waals surface area contributed by atoms with Crippen LogP contribution >= 0.6 is 0 Å². The molecular formula is C24H28N2O3. The summed E-state index contributed by atoms with van der Waals surface area (Å²) in [5, 5.41) is 0. The highest BCUT2D eigenvalue weighted by molar-refractivity contribution is 5.53. The molecule has 0 fully saturated rings. The minimum Gasteiger partial charge on any atom is -0.493 e. The van der Waals surface area contributed by atoms with Gasteiger partial charge in [-0.2, -0.15) is 0 Å². The number of aryl methyl sites for hydroxylation is 1. The second-order valence-electron chi connectivity index (χ2n) is 7.02. The summed E-state index contributed by atoms with van der Waals surface area (Å²) in [4.78, 5) is 6.52. The van der Waals surface area contributed by atoms with Crippen molar-refractivity contribution in [2.75, 3.05) is 21.3 Å². The van der Waals surface area contributed by atoms with Gasteiger partial charge in [0, 0.05) is 32.0 Å². The zero-order valence-electron chi connectivity index (χ0n) is 17.5. The van der Waals surface area contributed by atoms with Gasteiger partial charge in [0.25, 0.3) is 0 Å². The molecule has 0 amide bonds. The predicted octanol–water partition coefficient (Wildman–Crippen LogP) is 4.62. The molecule has 3 aromatic rings. The monoisotopic (exact) mass is 392 g/mol. The first-order valence-corrected chi connectivity index (χ1v) is 9.58. The Kier molecular flexibility index (Phi) is 7.09. The average Bonchev–Trinajstić information content (AvgIpc) is 2.75. The number of rotatable bonds is 9. The number of pyridine rings is 1. The fourth-order valence-electron chi connectivity index (χ4n) is 3.35. The summed E-state index contributed by atoms with van der Waals surface area (Å²) in [5.74, 6) is 1.94. The predicted molar refractivity (Wildman–Crippen MR) is 114 cm³/mol. The average molecular weight is 392 g/mol. The molecule has 1 aromatic heterocycles. The van der Waals surface area contributed by atoms with E-state index in [1.165, 1.54) is 16.7 Å². The molecule has 0 bridgehead atoms. The fraction of sp³-hybridized carbons (Fsp3) is 0.292. The lowest BCUT2D eigenvalue weighted by Crippen LogP contribution is -2.22. The van der Waals surface area contributed by atoms with Crippen LogP contribution in [0.1, 0.15) is 22.3 Å². The van der Waals surface area contributed by atoms with E-state index in [0.29, 0.717) is 17.2 Å². The van der Waals surface area contributed by atoms with E-state index in [1.807, 2.05) is 24.5 Å². The van der Waals surface area contributed by atoms with Crippen molar-refractivity contribution in [3.8, 4) is 17.2 Å². The van der Waals surface area contributed by atoms with Gasteiger partial charge in [0.1, 0.15) is 0 Å². The van der Waals surface area contributed by atoms with Gasteiger partial charge < -0.3 is 14.2 Å². The summed E-state index contributed by atoms with van der Waals surface area (Å²) >= 11 is 0. The number of nitrogens with zero attached hydrogens (tertiary/aromatic N) is 2. The summed E-state index contributed by atoms with van der Waals surface area (Å²) in [6.07, 6.45) is 3.66. The Morgan fingerprint density at radius 2 is 1.21 bits per heavy atom. The molecule has 2 aromatic carbocycles. The van der Waals surface area contributed by atoms with Crippen molar-refractivity contribution in [2.45, 2.75) is 26.6 Å². The van der Waals surface area contributed by atoms with Crippen LogP contribution in [0, 0.1) is 6.92 Å². The number of hydrogen-bond acceptors (Lipinski definition) is 5. The SMILES string of the molecule is COc1cc(CN(Cc2ccncc2)Cc2ccc(C)cc2)cc(OC)c1OC. The number of aromatic nitrogens is 1. The molecule has 0 atom stereocenters. The molecule has 0 radical (unpaired) electrons. The molecule has 0 N–H and O–H groups in total. The zero-order valence-corrected chi connectivity index (χ0v) is 17.5. The quantitative estimate of drug-likeness (QED) is 0.532. The fourth-order valence-corrected chi connectivity index (χ4v) is 3.35. The Labute approximate surface area is 172 Å². The Morgan fingerprint density at radius 3 is 1.72 bits per heavy atom. The molecule has 0 aliphatic carbocycles. The molecular weight excluding hydrogens is 364 g/mol. The van der Waals surface area contributed by atoms with E-state index in [4.69, 9.17) is 14.2 Å². The van der Waals surface area contributed by atoms with Gasteiger partial charge in [-0.15, -0.1) is 0 Å². The third-order valence-electron chi connectivity index (χ3n) is 4.81. The first kappa shape index (κ1) is 20.7. The van der Waals surface area contributed by atoms with Gasteiger partial charge in [-0.1, -0.05) is 29.8 Å². The summed E-state index contributed by atoms with van der Waals surface area (Å²) in [6, 6.07) is 16.8. The van der Waals surface area contributed by atoms with Gasteiger partial charge in [-0.25, -0.2) is 0 Å². The Balaban J connectivity index is 1.88. The molecule has 29 heavy (non-hydrogen) atoms. The van der Waals surface area contributed by atoms with Crippen LogP contribution in [-0.4, -0.2) is 31.2 Å². The molecule has 5 heteroatoms. The normalized spacial score (nSPS) is 10.8. The molecule has 5 nitrogen and oxygen atoms in total. The molecule has 0 saturated heterocycles. The number of methoxy groups -OCH3 is 3. The van der Waals surface area contributed by atoms with E-state index in [2.05, 4.69) is 53.2 Å². The summed E-state index contributed by atoms with van der Waals surface area (Å²) < 4.78 is 16.5. The van der Waals surface area contributed by atoms with Crippen molar-refractivity contribution in [1.82, 2.24) is 9.88 Å². The van der Waals surface area contributed by atoms with Crippen LogP contribution in [0.25, 0.3) is 0 Å². The highest BCUT2D eigenvalue weighted by atomic mass is 16.5. The molecule has 0 spiro atoms. The highest BCUT2D eigenvalue weighted by Gasteiger charge is 2.16. The van der Waals surface area contributed by atoms with E-state index in [9.17, 15) is 0 Å². The van der Waals surface area contributed by atoms with Crippen LogP contribution in [0.5, 0.6) is 17.2 Å². The standard InChI is InChI=1S/C24H28N2O3/c1-18-5-7-19(8-6-18)15-26(16-20-9-11-25-12-10-20)17-21-13-22(27-2)24(29-4)23(14-21)28-3/h5-14H,15-17H2,1-4H3. The van der Waals surface area contributed by atoms with Crippen molar-refractivity contribution in [3.05, 3.63) is 83.2 Å². The molecule has 3 rings (SSSR count). The maximum absolute atomic E-state index is 5.52. The molecule has 0 aliphatic heterocycles. The van der Waals surface area contributed by atoms with E-state index >= 15 is 0 Å². The largest absolute Gasteiger partial charge is 0.493 e.